The number of hydrogen-bond acceptors (Lipinski definition) is 5. The number of carbonyl (C=O) groups excluding carboxylic acids is 1. The predicted molar refractivity (Wildman–Crippen MR) is 98.3 cm³/mol. The summed E-state index contributed by atoms with van der Waals surface area (Å²) >= 11 is 0. The summed E-state index contributed by atoms with van der Waals surface area (Å²) in [5.74, 6) is -0.232. The summed E-state index contributed by atoms with van der Waals surface area (Å²) in [4.78, 5) is 17.2. The fourth-order valence-electron chi connectivity index (χ4n) is 2.80. The van der Waals surface area contributed by atoms with E-state index in [0.717, 1.165) is 44.7 Å². The molecule has 1 heterocycles. The van der Waals surface area contributed by atoms with Crippen molar-refractivity contribution in [1.82, 2.24) is 19.8 Å². The van der Waals surface area contributed by atoms with Crippen LogP contribution in [0.25, 0.3) is 0 Å². The average molecular weight is 369 g/mol. The first-order valence-corrected chi connectivity index (χ1v) is 10.0. The highest BCUT2D eigenvalue weighted by Crippen LogP contribution is 2.15. The molecule has 1 saturated heterocycles. The fraction of sp³-hybridized carbons (Fsp3) is 0.588. The molecular formula is C17H28N4O3S. The third kappa shape index (κ3) is 5.50. The largest absolute Gasteiger partial charge is 0.352 e. The summed E-state index contributed by atoms with van der Waals surface area (Å²) < 4.78 is 26.1. The molecule has 0 saturated carbocycles. The van der Waals surface area contributed by atoms with Crippen molar-refractivity contribution in [1.29, 1.82) is 0 Å². The van der Waals surface area contributed by atoms with E-state index in [4.69, 9.17) is 0 Å². The summed E-state index contributed by atoms with van der Waals surface area (Å²) in [6, 6.07) is 4.59. The van der Waals surface area contributed by atoms with Crippen molar-refractivity contribution < 1.29 is 13.2 Å². The zero-order valence-electron chi connectivity index (χ0n) is 15.2. The second kappa shape index (κ2) is 8.75. The van der Waals surface area contributed by atoms with Gasteiger partial charge in [0.25, 0.3) is 5.91 Å². The number of amides is 1. The van der Waals surface area contributed by atoms with Crippen molar-refractivity contribution in [3.05, 3.63) is 29.3 Å². The van der Waals surface area contributed by atoms with E-state index in [9.17, 15) is 13.2 Å². The van der Waals surface area contributed by atoms with Gasteiger partial charge in [-0.05, 0) is 51.7 Å². The lowest BCUT2D eigenvalue weighted by atomic mass is 10.1. The second-order valence-corrected chi connectivity index (χ2v) is 8.33. The Labute approximate surface area is 150 Å². The van der Waals surface area contributed by atoms with E-state index in [1.54, 1.807) is 13.0 Å². The van der Waals surface area contributed by atoms with Crippen LogP contribution >= 0.6 is 0 Å². The molecule has 2 N–H and O–H groups in total. The Kier molecular flexibility index (Phi) is 6.95. The molecular weight excluding hydrogens is 340 g/mol. The molecule has 1 amide bonds. The van der Waals surface area contributed by atoms with Crippen LogP contribution in [-0.4, -0.2) is 77.5 Å². The maximum atomic E-state index is 12.4. The van der Waals surface area contributed by atoms with Gasteiger partial charge in [-0.15, -0.1) is 0 Å². The molecule has 1 aromatic rings. The average Bonchev–Trinajstić information content (AvgIpc) is 2.60. The van der Waals surface area contributed by atoms with Crippen LogP contribution < -0.4 is 10.0 Å². The summed E-state index contributed by atoms with van der Waals surface area (Å²) in [6.45, 7) is 7.63. The molecule has 0 aromatic heterocycles. The van der Waals surface area contributed by atoms with Crippen LogP contribution in [-0.2, 0) is 10.0 Å². The quantitative estimate of drug-likeness (QED) is 0.675. The Morgan fingerprint density at radius 3 is 2.52 bits per heavy atom. The zero-order valence-corrected chi connectivity index (χ0v) is 16.0. The van der Waals surface area contributed by atoms with E-state index < -0.39 is 10.0 Å². The number of carbonyl (C=O) groups is 1. The summed E-state index contributed by atoms with van der Waals surface area (Å²) in [6.07, 6.45) is 0.878. The van der Waals surface area contributed by atoms with E-state index in [1.807, 2.05) is 0 Å². The second-order valence-electron chi connectivity index (χ2n) is 6.44. The van der Waals surface area contributed by atoms with Crippen molar-refractivity contribution in [3.63, 3.8) is 0 Å². The summed E-state index contributed by atoms with van der Waals surface area (Å²) in [7, 11) is -0.0741. The lowest BCUT2D eigenvalue weighted by Crippen LogP contribution is -2.45. The standard InChI is InChI=1S/C17H28N4O3S/c1-14-5-6-15(25(23,24)18-2)13-16(14)17(22)19-7-4-8-21-11-9-20(3)10-12-21/h5-6,13,18H,4,7-12H2,1-3H3,(H,19,22). The Morgan fingerprint density at radius 1 is 1.20 bits per heavy atom. The molecule has 7 nitrogen and oxygen atoms in total. The number of rotatable bonds is 7. The molecule has 0 radical (unpaired) electrons. The van der Waals surface area contributed by atoms with Crippen LogP contribution in [0.3, 0.4) is 0 Å². The number of piperazine rings is 1. The van der Waals surface area contributed by atoms with E-state index in [0.29, 0.717) is 12.1 Å². The molecule has 1 fully saturated rings. The van der Waals surface area contributed by atoms with Crippen LogP contribution in [0.2, 0.25) is 0 Å². The number of aryl methyl sites for hydroxylation is 1. The molecule has 0 spiro atoms. The van der Waals surface area contributed by atoms with Crippen molar-refractivity contribution in [2.75, 3.05) is 53.4 Å². The SMILES string of the molecule is CNS(=O)(=O)c1ccc(C)c(C(=O)NCCCN2CCN(C)CC2)c1. The third-order valence-electron chi connectivity index (χ3n) is 4.57. The maximum absolute atomic E-state index is 12.4. The Balaban J connectivity index is 1.87. The van der Waals surface area contributed by atoms with Gasteiger partial charge in [0.2, 0.25) is 10.0 Å². The van der Waals surface area contributed by atoms with Crippen LogP contribution in [0.4, 0.5) is 0 Å². The van der Waals surface area contributed by atoms with Gasteiger partial charge in [-0.2, -0.15) is 0 Å². The van der Waals surface area contributed by atoms with Crippen LogP contribution in [0.1, 0.15) is 22.3 Å². The number of sulfonamides is 1. The molecule has 140 valence electrons. The lowest BCUT2D eigenvalue weighted by molar-refractivity contribution is 0.0948. The normalized spacial score (nSPS) is 16.8. The minimum atomic E-state index is -3.56. The van der Waals surface area contributed by atoms with Crippen LogP contribution in [0.5, 0.6) is 0 Å². The maximum Gasteiger partial charge on any atom is 0.251 e. The van der Waals surface area contributed by atoms with Crippen molar-refractivity contribution in [2.24, 2.45) is 0 Å². The molecule has 25 heavy (non-hydrogen) atoms. The van der Waals surface area contributed by atoms with Gasteiger partial charge in [0.1, 0.15) is 0 Å². The minimum Gasteiger partial charge on any atom is -0.352 e. The highest BCUT2D eigenvalue weighted by atomic mass is 32.2. The fourth-order valence-corrected chi connectivity index (χ4v) is 3.56. The smallest absolute Gasteiger partial charge is 0.251 e. The summed E-state index contributed by atoms with van der Waals surface area (Å²) in [5.41, 5.74) is 1.16. The van der Waals surface area contributed by atoms with E-state index in [2.05, 4.69) is 26.9 Å². The van der Waals surface area contributed by atoms with Gasteiger partial charge in [0.15, 0.2) is 0 Å². The molecule has 1 aliphatic heterocycles. The number of hydrogen-bond donors (Lipinski definition) is 2. The van der Waals surface area contributed by atoms with Gasteiger partial charge in [0, 0.05) is 38.3 Å². The van der Waals surface area contributed by atoms with Crippen molar-refractivity contribution >= 4 is 15.9 Å². The molecule has 1 aromatic carbocycles. The van der Waals surface area contributed by atoms with Gasteiger partial charge >= 0.3 is 0 Å². The number of nitrogens with one attached hydrogen (secondary N) is 2. The molecule has 0 unspecified atom stereocenters. The predicted octanol–water partition coefficient (Wildman–Crippen LogP) is 0.270. The van der Waals surface area contributed by atoms with E-state index in [1.165, 1.54) is 19.2 Å². The molecule has 1 aliphatic rings. The van der Waals surface area contributed by atoms with Gasteiger partial charge in [-0.3, -0.25) is 4.79 Å². The van der Waals surface area contributed by atoms with Crippen LogP contribution in [0.15, 0.2) is 23.1 Å². The number of benzene rings is 1. The van der Waals surface area contributed by atoms with Gasteiger partial charge < -0.3 is 15.1 Å². The van der Waals surface area contributed by atoms with E-state index >= 15 is 0 Å². The molecule has 0 bridgehead atoms. The highest BCUT2D eigenvalue weighted by molar-refractivity contribution is 7.89. The first-order chi connectivity index (χ1) is 11.8. The van der Waals surface area contributed by atoms with Gasteiger partial charge in [-0.25, -0.2) is 13.1 Å². The first-order valence-electron chi connectivity index (χ1n) is 8.57. The number of likely N-dealkylation sites (N-methyl/N-ethyl adjacent to an activating group) is 1. The lowest BCUT2D eigenvalue weighted by Gasteiger charge is -2.32. The van der Waals surface area contributed by atoms with Gasteiger partial charge in [0.05, 0.1) is 4.90 Å². The Hall–Kier alpha value is -1.48. The van der Waals surface area contributed by atoms with Crippen molar-refractivity contribution in [2.45, 2.75) is 18.2 Å². The molecule has 8 heteroatoms. The third-order valence-corrected chi connectivity index (χ3v) is 5.98. The molecule has 0 aliphatic carbocycles. The van der Waals surface area contributed by atoms with Gasteiger partial charge in [-0.1, -0.05) is 6.07 Å². The minimum absolute atomic E-state index is 0.100. The topological polar surface area (TPSA) is 81.7 Å². The molecule has 2 rings (SSSR count). The Morgan fingerprint density at radius 2 is 1.88 bits per heavy atom. The molecule has 0 atom stereocenters. The van der Waals surface area contributed by atoms with Crippen LogP contribution in [0, 0.1) is 6.92 Å². The monoisotopic (exact) mass is 368 g/mol. The zero-order chi connectivity index (χ0) is 18.4. The highest BCUT2D eigenvalue weighted by Gasteiger charge is 2.17. The number of nitrogens with zero attached hydrogens (tertiary/aromatic N) is 2. The van der Waals surface area contributed by atoms with Crippen molar-refractivity contribution in [3.8, 4) is 0 Å². The first kappa shape index (κ1) is 19.8. The Bertz CT molecular complexity index is 698. The van der Waals surface area contributed by atoms with E-state index in [-0.39, 0.29) is 10.8 Å². The summed E-state index contributed by atoms with van der Waals surface area (Å²) in [5, 5.41) is 2.89.